The number of hydrogen-bond acceptors (Lipinski definition) is 3. The number of aromatic nitrogens is 2. The Balaban J connectivity index is 1.78. The highest BCUT2D eigenvalue weighted by Gasteiger charge is 2.23. The normalized spacial score (nSPS) is 14.1. The van der Waals surface area contributed by atoms with Gasteiger partial charge in [0.05, 0.1) is 5.52 Å². The summed E-state index contributed by atoms with van der Waals surface area (Å²) in [6.07, 6.45) is 9.72. The summed E-state index contributed by atoms with van der Waals surface area (Å²) >= 11 is 0. The first kappa shape index (κ1) is 19.1. The third-order valence-corrected chi connectivity index (χ3v) is 5.12. The molecule has 0 spiro atoms. The molecule has 0 fully saturated rings. The molecule has 2 heterocycles. The van der Waals surface area contributed by atoms with Crippen LogP contribution in [0.25, 0.3) is 5.52 Å². The SMILES string of the molecule is CCN(CC)C(=O)c1nc(C(=O)NCCC2=CCCCC2)n2ccccc12. The van der Waals surface area contributed by atoms with Crippen LogP contribution >= 0.6 is 0 Å². The summed E-state index contributed by atoms with van der Waals surface area (Å²) in [6.45, 7) is 5.68. The minimum atomic E-state index is -0.244. The number of pyridine rings is 1. The van der Waals surface area contributed by atoms with Crippen molar-refractivity contribution >= 4 is 17.3 Å². The first-order valence-corrected chi connectivity index (χ1v) is 9.88. The van der Waals surface area contributed by atoms with Gasteiger partial charge in [0.25, 0.3) is 11.8 Å². The molecule has 2 aromatic rings. The van der Waals surface area contributed by atoms with E-state index in [-0.39, 0.29) is 17.6 Å². The van der Waals surface area contributed by atoms with E-state index >= 15 is 0 Å². The molecule has 0 aromatic carbocycles. The zero-order valence-electron chi connectivity index (χ0n) is 16.2. The molecule has 1 N–H and O–H groups in total. The number of rotatable bonds is 7. The first-order valence-electron chi connectivity index (χ1n) is 9.88. The number of nitrogens with zero attached hydrogens (tertiary/aromatic N) is 3. The number of nitrogens with one attached hydrogen (secondary N) is 1. The van der Waals surface area contributed by atoms with Gasteiger partial charge in [-0.1, -0.05) is 17.7 Å². The van der Waals surface area contributed by atoms with Crippen LogP contribution in [0.4, 0.5) is 0 Å². The molecule has 0 saturated heterocycles. The Labute approximate surface area is 160 Å². The third kappa shape index (κ3) is 4.21. The highest BCUT2D eigenvalue weighted by Crippen LogP contribution is 2.20. The van der Waals surface area contributed by atoms with Crippen LogP contribution in [0.1, 0.15) is 67.1 Å². The van der Waals surface area contributed by atoms with Crippen LogP contribution in [0.15, 0.2) is 36.0 Å². The Hall–Kier alpha value is -2.63. The van der Waals surface area contributed by atoms with Gasteiger partial charge in [-0.3, -0.25) is 14.0 Å². The van der Waals surface area contributed by atoms with Crippen molar-refractivity contribution in [2.75, 3.05) is 19.6 Å². The van der Waals surface area contributed by atoms with Gasteiger partial charge in [-0.15, -0.1) is 0 Å². The molecule has 1 aliphatic rings. The van der Waals surface area contributed by atoms with Crippen molar-refractivity contribution in [3.05, 3.63) is 47.6 Å². The van der Waals surface area contributed by atoms with Crippen LogP contribution in [-0.4, -0.2) is 45.7 Å². The second kappa shape index (κ2) is 8.84. The van der Waals surface area contributed by atoms with Gasteiger partial charge in [-0.25, -0.2) is 4.98 Å². The largest absolute Gasteiger partial charge is 0.349 e. The maximum absolute atomic E-state index is 12.8. The molecule has 1 aliphatic carbocycles. The lowest BCUT2D eigenvalue weighted by molar-refractivity contribution is 0.0769. The molecule has 27 heavy (non-hydrogen) atoms. The van der Waals surface area contributed by atoms with E-state index in [0.29, 0.717) is 30.8 Å². The summed E-state index contributed by atoms with van der Waals surface area (Å²) in [5, 5.41) is 2.96. The number of allylic oxidation sites excluding steroid dienone is 1. The van der Waals surface area contributed by atoms with E-state index in [4.69, 9.17) is 0 Å². The lowest BCUT2D eigenvalue weighted by atomic mass is 9.97. The summed E-state index contributed by atoms with van der Waals surface area (Å²) in [5.41, 5.74) is 2.42. The van der Waals surface area contributed by atoms with E-state index in [2.05, 4.69) is 16.4 Å². The number of imidazole rings is 1. The Kier molecular flexibility index (Phi) is 6.27. The number of fused-ring (bicyclic) bond motifs is 1. The van der Waals surface area contributed by atoms with E-state index in [1.54, 1.807) is 15.5 Å². The summed E-state index contributed by atoms with van der Waals surface area (Å²) in [4.78, 5) is 31.6. The maximum Gasteiger partial charge on any atom is 0.287 e. The van der Waals surface area contributed by atoms with Crippen molar-refractivity contribution in [1.82, 2.24) is 19.6 Å². The summed E-state index contributed by atoms with van der Waals surface area (Å²) in [5.74, 6) is -0.125. The molecular weight excluding hydrogens is 340 g/mol. The molecule has 0 radical (unpaired) electrons. The molecule has 0 bridgehead atoms. The fraction of sp³-hybridized carbons (Fsp3) is 0.476. The van der Waals surface area contributed by atoms with E-state index in [9.17, 15) is 9.59 Å². The topological polar surface area (TPSA) is 66.7 Å². The lowest BCUT2D eigenvalue weighted by Crippen LogP contribution is -2.31. The molecule has 0 unspecified atom stereocenters. The molecule has 6 nitrogen and oxygen atoms in total. The summed E-state index contributed by atoms with van der Waals surface area (Å²) in [7, 11) is 0. The number of carbonyl (C=O) groups excluding carboxylic acids is 2. The highest BCUT2D eigenvalue weighted by atomic mass is 16.2. The van der Waals surface area contributed by atoms with Gasteiger partial charge in [0.15, 0.2) is 5.69 Å². The van der Waals surface area contributed by atoms with Crippen LogP contribution in [0, 0.1) is 0 Å². The van der Waals surface area contributed by atoms with Gasteiger partial charge in [0.1, 0.15) is 0 Å². The average molecular weight is 368 g/mol. The molecule has 0 saturated carbocycles. The minimum absolute atomic E-state index is 0.143. The van der Waals surface area contributed by atoms with E-state index in [0.717, 1.165) is 19.3 Å². The molecule has 2 aromatic heterocycles. The van der Waals surface area contributed by atoms with Crippen LogP contribution in [0.3, 0.4) is 0 Å². The highest BCUT2D eigenvalue weighted by molar-refractivity contribution is 6.02. The van der Waals surface area contributed by atoms with Gasteiger partial charge in [0.2, 0.25) is 5.82 Å². The lowest BCUT2D eigenvalue weighted by Gasteiger charge is -2.17. The number of hydrogen-bond donors (Lipinski definition) is 1. The van der Waals surface area contributed by atoms with Crippen molar-refractivity contribution in [3.63, 3.8) is 0 Å². The molecular formula is C21H28N4O2. The minimum Gasteiger partial charge on any atom is -0.349 e. The van der Waals surface area contributed by atoms with Crippen LogP contribution in [0.5, 0.6) is 0 Å². The maximum atomic E-state index is 12.8. The molecule has 0 aliphatic heterocycles. The summed E-state index contributed by atoms with van der Waals surface area (Å²) in [6, 6.07) is 5.52. The Morgan fingerprint density at radius 2 is 2.04 bits per heavy atom. The van der Waals surface area contributed by atoms with E-state index in [1.807, 2.05) is 32.0 Å². The van der Waals surface area contributed by atoms with Crippen LogP contribution < -0.4 is 5.32 Å². The quantitative estimate of drug-likeness (QED) is 0.761. The van der Waals surface area contributed by atoms with Crippen LogP contribution in [-0.2, 0) is 0 Å². The molecule has 144 valence electrons. The van der Waals surface area contributed by atoms with Gasteiger partial charge in [-0.2, -0.15) is 0 Å². The van der Waals surface area contributed by atoms with Gasteiger partial charge >= 0.3 is 0 Å². The first-order chi connectivity index (χ1) is 13.2. The monoisotopic (exact) mass is 368 g/mol. The van der Waals surface area contributed by atoms with Gasteiger partial charge in [-0.05, 0) is 58.1 Å². The number of amides is 2. The Morgan fingerprint density at radius 3 is 2.74 bits per heavy atom. The number of carbonyl (C=O) groups is 2. The Bertz CT molecular complexity index is 849. The smallest absolute Gasteiger partial charge is 0.287 e. The van der Waals surface area contributed by atoms with Crippen molar-refractivity contribution in [2.24, 2.45) is 0 Å². The van der Waals surface area contributed by atoms with Crippen molar-refractivity contribution in [1.29, 1.82) is 0 Å². The standard InChI is InChI=1S/C21H28N4O2/c1-3-24(4-2)21(27)18-17-12-8-9-15-25(17)19(23-18)20(26)22-14-13-16-10-6-5-7-11-16/h8-10,12,15H,3-7,11,13-14H2,1-2H3,(H,22,26). The Morgan fingerprint density at radius 1 is 1.22 bits per heavy atom. The zero-order valence-corrected chi connectivity index (χ0v) is 16.2. The zero-order chi connectivity index (χ0) is 19.2. The third-order valence-electron chi connectivity index (χ3n) is 5.12. The van der Waals surface area contributed by atoms with Gasteiger partial charge in [0, 0.05) is 25.8 Å². The molecule has 2 amide bonds. The van der Waals surface area contributed by atoms with Crippen molar-refractivity contribution in [2.45, 2.75) is 46.0 Å². The predicted octanol–water partition coefficient (Wildman–Crippen LogP) is 3.44. The second-order valence-electron chi connectivity index (χ2n) is 6.83. The molecule has 0 atom stereocenters. The van der Waals surface area contributed by atoms with E-state index < -0.39 is 0 Å². The molecule has 6 heteroatoms. The molecule has 3 rings (SSSR count). The predicted molar refractivity (Wildman–Crippen MR) is 106 cm³/mol. The fourth-order valence-corrected chi connectivity index (χ4v) is 3.56. The van der Waals surface area contributed by atoms with Crippen molar-refractivity contribution < 1.29 is 9.59 Å². The average Bonchev–Trinajstić information content (AvgIpc) is 3.09. The fourth-order valence-electron chi connectivity index (χ4n) is 3.56. The van der Waals surface area contributed by atoms with Gasteiger partial charge < -0.3 is 10.2 Å². The van der Waals surface area contributed by atoms with Crippen LogP contribution in [0.2, 0.25) is 0 Å². The summed E-state index contributed by atoms with van der Waals surface area (Å²) < 4.78 is 1.70. The second-order valence-corrected chi connectivity index (χ2v) is 6.83. The van der Waals surface area contributed by atoms with Crippen molar-refractivity contribution in [3.8, 4) is 0 Å². The van der Waals surface area contributed by atoms with E-state index in [1.165, 1.54) is 18.4 Å².